The summed E-state index contributed by atoms with van der Waals surface area (Å²) in [7, 11) is 1.63. The maximum Gasteiger partial charge on any atom is 0.407 e. The standard InChI is InChI=1S/C19H29NO4/c1-19(2,3)24-18(22)20-16(10-6-5-7-12-21)13-15-9-8-11-17(14-15)23-4/h5,7-9,11,14,16,21H,6,10,12-13H2,1-4H3,(H,20,22)/b7-5+/t16-/m0/s1. The van der Waals surface area contributed by atoms with Crippen molar-refractivity contribution in [1.82, 2.24) is 5.32 Å². The van der Waals surface area contributed by atoms with Crippen molar-refractivity contribution < 1.29 is 19.4 Å². The molecule has 0 bridgehead atoms. The number of alkyl carbamates (subject to hydrolysis) is 1. The van der Waals surface area contributed by atoms with E-state index in [0.717, 1.165) is 24.2 Å². The summed E-state index contributed by atoms with van der Waals surface area (Å²) in [6.45, 7) is 5.55. The van der Waals surface area contributed by atoms with Crippen LogP contribution in [0.5, 0.6) is 5.75 Å². The first-order chi connectivity index (χ1) is 11.3. The molecular weight excluding hydrogens is 306 g/mol. The van der Waals surface area contributed by atoms with Gasteiger partial charge in [-0.1, -0.05) is 24.3 Å². The number of aliphatic hydroxyl groups is 1. The van der Waals surface area contributed by atoms with Crippen LogP contribution in [-0.4, -0.2) is 36.6 Å². The average molecular weight is 335 g/mol. The fourth-order valence-electron chi connectivity index (χ4n) is 2.27. The van der Waals surface area contributed by atoms with E-state index >= 15 is 0 Å². The fourth-order valence-corrected chi connectivity index (χ4v) is 2.27. The van der Waals surface area contributed by atoms with Crippen molar-refractivity contribution in [1.29, 1.82) is 0 Å². The second-order valence-corrected chi connectivity index (χ2v) is 6.63. The lowest BCUT2D eigenvalue weighted by Crippen LogP contribution is -2.40. The Kier molecular flexibility index (Phi) is 8.33. The minimum Gasteiger partial charge on any atom is -0.497 e. The van der Waals surface area contributed by atoms with E-state index in [1.165, 1.54) is 0 Å². The normalized spacial score (nSPS) is 12.9. The summed E-state index contributed by atoms with van der Waals surface area (Å²) in [6.07, 6.45) is 5.41. The molecule has 1 atom stereocenters. The molecule has 24 heavy (non-hydrogen) atoms. The first kappa shape index (κ1) is 20.0. The summed E-state index contributed by atoms with van der Waals surface area (Å²) in [6, 6.07) is 7.74. The Morgan fingerprint density at radius 3 is 2.71 bits per heavy atom. The van der Waals surface area contributed by atoms with Crippen LogP contribution in [0.3, 0.4) is 0 Å². The molecular formula is C19H29NO4. The zero-order chi connectivity index (χ0) is 18.0. The molecule has 5 nitrogen and oxygen atoms in total. The molecule has 0 saturated carbocycles. The first-order valence-electron chi connectivity index (χ1n) is 8.22. The molecule has 0 aliphatic heterocycles. The second kappa shape index (κ2) is 9.98. The van der Waals surface area contributed by atoms with Crippen molar-refractivity contribution in [2.45, 2.75) is 51.7 Å². The third-order valence-corrected chi connectivity index (χ3v) is 3.29. The van der Waals surface area contributed by atoms with Gasteiger partial charge in [-0.3, -0.25) is 0 Å². The van der Waals surface area contributed by atoms with Crippen molar-refractivity contribution in [2.24, 2.45) is 0 Å². The van der Waals surface area contributed by atoms with Crippen LogP contribution in [0.4, 0.5) is 4.79 Å². The number of carbonyl (C=O) groups is 1. The molecule has 0 spiro atoms. The van der Waals surface area contributed by atoms with Crippen molar-refractivity contribution in [2.75, 3.05) is 13.7 Å². The van der Waals surface area contributed by atoms with E-state index < -0.39 is 11.7 Å². The lowest BCUT2D eigenvalue weighted by atomic mass is 10.0. The summed E-state index contributed by atoms with van der Waals surface area (Å²) >= 11 is 0. The quantitative estimate of drug-likeness (QED) is 0.714. The Morgan fingerprint density at radius 1 is 1.33 bits per heavy atom. The molecule has 0 fully saturated rings. The topological polar surface area (TPSA) is 67.8 Å². The Bertz CT molecular complexity index is 534. The van der Waals surface area contributed by atoms with Gasteiger partial charge in [-0.25, -0.2) is 4.79 Å². The number of hydrogen-bond acceptors (Lipinski definition) is 4. The number of carbonyl (C=O) groups excluding carboxylic acids is 1. The number of rotatable bonds is 8. The molecule has 0 aromatic heterocycles. The van der Waals surface area contributed by atoms with Crippen molar-refractivity contribution in [3.8, 4) is 5.75 Å². The van der Waals surface area contributed by atoms with Gasteiger partial charge in [-0.15, -0.1) is 0 Å². The van der Waals surface area contributed by atoms with Crippen molar-refractivity contribution in [3.63, 3.8) is 0 Å². The summed E-state index contributed by atoms with van der Waals surface area (Å²) in [4.78, 5) is 12.1. The van der Waals surface area contributed by atoms with E-state index in [2.05, 4.69) is 5.32 Å². The Labute approximate surface area is 144 Å². The monoisotopic (exact) mass is 335 g/mol. The Hall–Kier alpha value is -2.01. The predicted octanol–water partition coefficient (Wildman–Crippen LogP) is 3.46. The SMILES string of the molecule is COc1cccc(C[C@H](CC/C=C/CO)NC(=O)OC(C)(C)C)c1. The van der Waals surface area contributed by atoms with Gasteiger partial charge in [0, 0.05) is 6.04 Å². The number of hydrogen-bond donors (Lipinski definition) is 2. The molecule has 2 N–H and O–H groups in total. The van der Waals surface area contributed by atoms with Gasteiger partial charge in [0.2, 0.25) is 0 Å². The molecule has 0 heterocycles. The molecule has 0 unspecified atom stereocenters. The highest BCUT2D eigenvalue weighted by atomic mass is 16.6. The van der Waals surface area contributed by atoms with E-state index in [0.29, 0.717) is 6.42 Å². The van der Waals surface area contributed by atoms with Crippen LogP contribution < -0.4 is 10.1 Å². The minimum absolute atomic E-state index is 0.0278. The van der Waals surface area contributed by atoms with Crippen LogP contribution in [-0.2, 0) is 11.2 Å². The first-order valence-corrected chi connectivity index (χ1v) is 8.22. The Balaban J connectivity index is 2.72. The van der Waals surface area contributed by atoms with Gasteiger partial charge in [-0.2, -0.15) is 0 Å². The molecule has 1 rings (SSSR count). The van der Waals surface area contributed by atoms with Gasteiger partial charge in [-0.05, 0) is 57.7 Å². The third kappa shape index (κ3) is 8.58. The van der Waals surface area contributed by atoms with E-state index in [1.807, 2.05) is 51.1 Å². The lowest BCUT2D eigenvalue weighted by molar-refractivity contribution is 0.0502. The number of ether oxygens (including phenoxy) is 2. The van der Waals surface area contributed by atoms with Gasteiger partial charge in [0.1, 0.15) is 11.4 Å². The summed E-state index contributed by atoms with van der Waals surface area (Å²) in [5.41, 5.74) is 0.558. The average Bonchev–Trinajstić information content (AvgIpc) is 2.49. The number of nitrogens with one attached hydrogen (secondary N) is 1. The van der Waals surface area contributed by atoms with Crippen molar-refractivity contribution in [3.05, 3.63) is 42.0 Å². The van der Waals surface area contributed by atoms with Crippen LogP contribution in [0.2, 0.25) is 0 Å². The van der Waals surface area contributed by atoms with Gasteiger partial charge in [0.25, 0.3) is 0 Å². The molecule has 134 valence electrons. The minimum atomic E-state index is -0.526. The smallest absolute Gasteiger partial charge is 0.407 e. The second-order valence-electron chi connectivity index (χ2n) is 6.63. The largest absolute Gasteiger partial charge is 0.497 e. The molecule has 1 amide bonds. The highest BCUT2D eigenvalue weighted by Crippen LogP contribution is 2.16. The maximum atomic E-state index is 12.1. The molecule has 1 aromatic rings. The van der Waals surface area contributed by atoms with E-state index in [-0.39, 0.29) is 12.6 Å². The number of benzene rings is 1. The van der Waals surface area contributed by atoms with Crippen LogP contribution in [0.25, 0.3) is 0 Å². The zero-order valence-electron chi connectivity index (χ0n) is 15.0. The maximum absolute atomic E-state index is 12.1. The summed E-state index contributed by atoms with van der Waals surface area (Å²) < 4.78 is 10.6. The van der Waals surface area contributed by atoms with Crippen LogP contribution in [0.15, 0.2) is 36.4 Å². The highest BCUT2D eigenvalue weighted by Gasteiger charge is 2.19. The number of aliphatic hydroxyl groups excluding tert-OH is 1. The number of amides is 1. The third-order valence-electron chi connectivity index (χ3n) is 3.29. The van der Waals surface area contributed by atoms with Crippen LogP contribution >= 0.6 is 0 Å². The highest BCUT2D eigenvalue weighted by molar-refractivity contribution is 5.68. The van der Waals surface area contributed by atoms with Crippen LogP contribution in [0.1, 0.15) is 39.2 Å². The summed E-state index contributed by atoms with van der Waals surface area (Å²) in [5.74, 6) is 0.795. The Morgan fingerprint density at radius 2 is 2.08 bits per heavy atom. The molecule has 0 radical (unpaired) electrons. The van der Waals surface area contributed by atoms with Gasteiger partial charge in [0.05, 0.1) is 13.7 Å². The zero-order valence-corrected chi connectivity index (χ0v) is 15.0. The number of allylic oxidation sites excluding steroid dienone is 1. The van der Waals surface area contributed by atoms with E-state index in [4.69, 9.17) is 14.6 Å². The lowest BCUT2D eigenvalue weighted by Gasteiger charge is -2.23. The molecule has 0 aliphatic rings. The van der Waals surface area contributed by atoms with E-state index in [9.17, 15) is 4.79 Å². The van der Waals surface area contributed by atoms with Gasteiger partial charge >= 0.3 is 6.09 Å². The van der Waals surface area contributed by atoms with E-state index in [1.54, 1.807) is 13.2 Å². The number of methoxy groups -OCH3 is 1. The van der Waals surface area contributed by atoms with Gasteiger partial charge < -0.3 is 19.9 Å². The predicted molar refractivity (Wildman–Crippen MR) is 95.3 cm³/mol. The molecule has 0 saturated heterocycles. The van der Waals surface area contributed by atoms with Gasteiger partial charge in [0.15, 0.2) is 0 Å². The molecule has 1 aromatic carbocycles. The fraction of sp³-hybridized carbons (Fsp3) is 0.526. The van der Waals surface area contributed by atoms with Crippen molar-refractivity contribution >= 4 is 6.09 Å². The van der Waals surface area contributed by atoms with Crippen LogP contribution in [0, 0.1) is 0 Å². The molecule has 0 aliphatic carbocycles. The molecule has 5 heteroatoms. The summed E-state index contributed by atoms with van der Waals surface area (Å²) in [5, 5.41) is 11.7.